The molecule has 2 aromatic rings. The van der Waals surface area contributed by atoms with E-state index in [4.69, 9.17) is 23.2 Å². The Morgan fingerprint density at radius 1 is 1.25 bits per heavy atom. The molecule has 0 aliphatic rings. The van der Waals surface area contributed by atoms with E-state index in [1.807, 2.05) is 20.8 Å². The molecule has 0 aliphatic heterocycles. The van der Waals surface area contributed by atoms with E-state index >= 15 is 0 Å². The van der Waals surface area contributed by atoms with Crippen LogP contribution in [0.15, 0.2) is 29.8 Å². The molecule has 5 nitrogen and oxygen atoms in total. The summed E-state index contributed by atoms with van der Waals surface area (Å²) in [5.41, 5.74) is -0.176. The van der Waals surface area contributed by atoms with Crippen LogP contribution in [-0.4, -0.2) is 33.8 Å². The lowest BCUT2D eigenvalue weighted by atomic mass is 10.0. The van der Waals surface area contributed by atoms with Crippen LogP contribution in [0.3, 0.4) is 0 Å². The molecule has 128 valence electrons. The van der Waals surface area contributed by atoms with Crippen LogP contribution >= 0.6 is 34.5 Å². The third kappa shape index (κ3) is 4.69. The fourth-order valence-electron chi connectivity index (χ4n) is 1.99. The number of hydrogen-bond donors (Lipinski definition) is 1. The van der Waals surface area contributed by atoms with Crippen LogP contribution in [0.5, 0.6) is 0 Å². The Kier molecular flexibility index (Phi) is 5.85. The van der Waals surface area contributed by atoms with Gasteiger partial charge in [0.05, 0.1) is 10.0 Å². The van der Waals surface area contributed by atoms with Gasteiger partial charge in [0.2, 0.25) is 5.91 Å². The van der Waals surface area contributed by atoms with E-state index in [0.717, 1.165) is 0 Å². The van der Waals surface area contributed by atoms with E-state index in [-0.39, 0.29) is 18.4 Å². The Bertz CT molecular complexity index is 742. The van der Waals surface area contributed by atoms with Gasteiger partial charge in [0.15, 0.2) is 5.13 Å². The van der Waals surface area contributed by atoms with Crippen LogP contribution in [0.2, 0.25) is 10.0 Å². The zero-order valence-corrected chi connectivity index (χ0v) is 15.8. The molecule has 1 N–H and O–H groups in total. The fourth-order valence-corrected chi connectivity index (χ4v) is 2.83. The number of amides is 2. The number of aromatic nitrogens is 1. The van der Waals surface area contributed by atoms with Crippen molar-refractivity contribution in [3.8, 4) is 0 Å². The van der Waals surface area contributed by atoms with Gasteiger partial charge in [-0.05, 0) is 39.0 Å². The van der Waals surface area contributed by atoms with Crippen molar-refractivity contribution in [3.05, 3.63) is 45.4 Å². The zero-order valence-electron chi connectivity index (χ0n) is 13.5. The predicted octanol–water partition coefficient (Wildman–Crippen LogP) is 4.33. The summed E-state index contributed by atoms with van der Waals surface area (Å²) >= 11 is 13.2. The van der Waals surface area contributed by atoms with Gasteiger partial charge in [-0.25, -0.2) is 4.98 Å². The molecule has 0 unspecified atom stereocenters. The molecule has 2 rings (SSSR count). The molecular formula is C16H17Cl2N3O2S. The Hall–Kier alpha value is -1.63. The van der Waals surface area contributed by atoms with Crippen LogP contribution in [0.4, 0.5) is 5.13 Å². The van der Waals surface area contributed by atoms with Gasteiger partial charge < -0.3 is 10.2 Å². The average molecular weight is 386 g/mol. The maximum Gasteiger partial charge on any atom is 0.254 e. The first-order valence-electron chi connectivity index (χ1n) is 7.15. The first kappa shape index (κ1) is 18.7. The molecular weight excluding hydrogens is 369 g/mol. The van der Waals surface area contributed by atoms with Gasteiger partial charge in [0.25, 0.3) is 5.91 Å². The van der Waals surface area contributed by atoms with Gasteiger partial charge in [0.1, 0.15) is 6.54 Å². The number of hydrogen-bond acceptors (Lipinski definition) is 4. The first-order chi connectivity index (χ1) is 11.2. The lowest BCUT2D eigenvalue weighted by Crippen LogP contribution is -2.49. The summed E-state index contributed by atoms with van der Waals surface area (Å²) in [6.07, 6.45) is 1.60. The maximum absolute atomic E-state index is 12.8. The zero-order chi connectivity index (χ0) is 17.9. The molecule has 0 atom stereocenters. The second kappa shape index (κ2) is 7.51. The topological polar surface area (TPSA) is 62.3 Å². The average Bonchev–Trinajstić information content (AvgIpc) is 2.98. The molecule has 24 heavy (non-hydrogen) atoms. The van der Waals surface area contributed by atoms with Crippen LogP contribution in [0, 0.1) is 0 Å². The number of halogens is 2. The van der Waals surface area contributed by atoms with Gasteiger partial charge >= 0.3 is 0 Å². The van der Waals surface area contributed by atoms with Crippen molar-refractivity contribution in [1.82, 2.24) is 9.88 Å². The number of carbonyl (C=O) groups is 2. The quantitative estimate of drug-likeness (QED) is 0.851. The van der Waals surface area contributed by atoms with Crippen molar-refractivity contribution in [2.75, 3.05) is 11.9 Å². The Morgan fingerprint density at radius 2 is 1.96 bits per heavy atom. The van der Waals surface area contributed by atoms with Gasteiger partial charge in [-0.2, -0.15) is 0 Å². The third-order valence-electron chi connectivity index (χ3n) is 3.20. The van der Waals surface area contributed by atoms with Crippen molar-refractivity contribution in [1.29, 1.82) is 0 Å². The summed E-state index contributed by atoms with van der Waals surface area (Å²) in [5.74, 6) is -0.608. The molecule has 0 saturated carbocycles. The second-order valence-corrected chi connectivity index (χ2v) is 7.79. The summed E-state index contributed by atoms with van der Waals surface area (Å²) in [6, 6.07) is 4.66. The SMILES string of the molecule is CC(C)(C)N(CC(=O)Nc1nccs1)C(=O)c1ccc(Cl)c(Cl)c1. The van der Waals surface area contributed by atoms with Gasteiger partial charge in [0, 0.05) is 22.7 Å². The Balaban J connectivity index is 2.20. The Labute approximate surface area is 154 Å². The summed E-state index contributed by atoms with van der Waals surface area (Å²) in [7, 11) is 0. The van der Waals surface area contributed by atoms with Crippen molar-refractivity contribution in [2.45, 2.75) is 26.3 Å². The van der Waals surface area contributed by atoms with Gasteiger partial charge in [-0.15, -0.1) is 11.3 Å². The molecule has 0 radical (unpaired) electrons. The normalized spacial score (nSPS) is 11.2. The van der Waals surface area contributed by atoms with E-state index in [2.05, 4.69) is 10.3 Å². The van der Waals surface area contributed by atoms with E-state index < -0.39 is 5.54 Å². The molecule has 0 saturated heterocycles. The molecule has 1 aromatic carbocycles. The largest absolute Gasteiger partial charge is 0.324 e. The van der Waals surface area contributed by atoms with Gasteiger partial charge in [-0.3, -0.25) is 9.59 Å². The van der Waals surface area contributed by atoms with E-state index in [0.29, 0.717) is 20.7 Å². The molecule has 0 bridgehead atoms. The minimum Gasteiger partial charge on any atom is -0.324 e. The number of carbonyl (C=O) groups excluding carboxylic acids is 2. The highest BCUT2D eigenvalue weighted by Crippen LogP contribution is 2.25. The van der Waals surface area contributed by atoms with Crippen molar-refractivity contribution in [3.63, 3.8) is 0 Å². The van der Waals surface area contributed by atoms with Crippen LogP contribution in [0.1, 0.15) is 31.1 Å². The highest BCUT2D eigenvalue weighted by atomic mass is 35.5. The molecule has 0 fully saturated rings. The first-order valence-corrected chi connectivity index (χ1v) is 8.78. The molecule has 0 aliphatic carbocycles. The molecule has 1 heterocycles. The van der Waals surface area contributed by atoms with Crippen molar-refractivity contribution >= 4 is 51.5 Å². The lowest BCUT2D eigenvalue weighted by Gasteiger charge is -2.35. The van der Waals surface area contributed by atoms with Crippen molar-refractivity contribution in [2.24, 2.45) is 0 Å². The van der Waals surface area contributed by atoms with E-state index in [9.17, 15) is 9.59 Å². The summed E-state index contributed by atoms with van der Waals surface area (Å²) in [5, 5.41) is 5.60. The summed E-state index contributed by atoms with van der Waals surface area (Å²) < 4.78 is 0. The minimum atomic E-state index is -0.552. The second-order valence-electron chi connectivity index (χ2n) is 6.08. The lowest BCUT2D eigenvalue weighted by molar-refractivity contribution is -0.117. The van der Waals surface area contributed by atoms with E-state index in [1.165, 1.54) is 22.3 Å². The molecule has 8 heteroatoms. The number of nitrogens with one attached hydrogen (secondary N) is 1. The third-order valence-corrected chi connectivity index (χ3v) is 4.63. The standard InChI is InChI=1S/C16H17Cl2N3O2S/c1-16(2,3)21(9-13(22)20-15-19-6-7-24-15)14(23)10-4-5-11(17)12(18)8-10/h4-8H,9H2,1-3H3,(H,19,20,22). The number of thiazole rings is 1. The maximum atomic E-state index is 12.8. The highest BCUT2D eigenvalue weighted by Gasteiger charge is 2.29. The Morgan fingerprint density at radius 3 is 2.50 bits per heavy atom. The van der Waals surface area contributed by atoms with Crippen LogP contribution in [0.25, 0.3) is 0 Å². The van der Waals surface area contributed by atoms with Crippen LogP contribution in [-0.2, 0) is 4.79 Å². The molecule has 2 amide bonds. The molecule has 0 spiro atoms. The van der Waals surface area contributed by atoms with E-state index in [1.54, 1.807) is 23.7 Å². The number of rotatable bonds is 4. The smallest absolute Gasteiger partial charge is 0.254 e. The monoisotopic (exact) mass is 385 g/mol. The summed E-state index contributed by atoms with van der Waals surface area (Å²) in [4.78, 5) is 30.5. The highest BCUT2D eigenvalue weighted by molar-refractivity contribution is 7.13. The number of benzene rings is 1. The minimum absolute atomic E-state index is 0.0951. The summed E-state index contributed by atoms with van der Waals surface area (Å²) in [6.45, 7) is 5.49. The number of anilines is 1. The molecule has 1 aromatic heterocycles. The number of nitrogens with zero attached hydrogens (tertiary/aromatic N) is 2. The van der Waals surface area contributed by atoms with Crippen LogP contribution < -0.4 is 5.32 Å². The van der Waals surface area contributed by atoms with Crippen molar-refractivity contribution < 1.29 is 9.59 Å². The fraction of sp³-hybridized carbons (Fsp3) is 0.312. The van der Waals surface area contributed by atoms with Gasteiger partial charge in [-0.1, -0.05) is 23.2 Å². The predicted molar refractivity (Wildman–Crippen MR) is 98.0 cm³/mol.